The zero-order chi connectivity index (χ0) is 18.5. The summed E-state index contributed by atoms with van der Waals surface area (Å²) in [5.41, 5.74) is 1.24. The van der Waals surface area contributed by atoms with Crippen LogP contribution in [-0.4, -0.2) is 61.1 Å². The maximum absolute atomic E-state index is 12.6. The number of carbonyl (C=O) groups excluding carboxylic acids is 2. The molecule has 2 aromatic rings. The molecular formula is C20H23ClN3O2+. The number of aromatic nitrogens is 1. The summed E-state index contributed by atoms with van der Waals surface area (Å²) in [4.78, 5) is 29.4. The van der Waals surface area contributed by atoms with Gasteiger partial charge < -0.3 is 4.90 Å². The number of nitrogens with zero attached hydrogens (tertiary/aromatic N) is 3. The van der Waals surface area contributed by atoms with Crippen molar-refractivity contribution < 1.29 is 14.2 Å². The first-order chi connectivity index (χ1) is 12.5. The first-order valence-corrected chi connectivity index (χ1v) is 9.11. The van der Waals surface area contributed by atoms with Crippen LogP contribution in [0.4, 0.5) is 0 Å². The molecule has 0 amide bonds. The lowest BCUT2D eigenvalue weighted by atomic mass is 10.1. The number of Topliss-reactive ketones (excluding diaryl/α,β-unsaturated/α-hetero) is 2. The molecule has 1 aliphatic rings. The Kier molecular flexibility index (Phi) is 6.14. The summed E-state index contributed by atoms with van der Waals surface area (Å²) in [6.45, 7) is 4.39. The highest BCUT2D eigenvalue weighted by molar-refractivity contribution is 6.30. The summed E-state index contributed by atoms with van der Waals surface area (Å²) in [6, 6.07) is 10.5. The van der Waals surface area contributed by atoms with Gasteiger partial charge in [-0.1, -0.05) is 11.6 Å². The van der Waals surface area contributed by atoms with Crippen LogP contribution in [0.1, 0.15) is 20.7 Å². The fraction of sp³-hybridized carbons (Fsp3) is 0.350. The molecule has 0 radical (unpaired) electrons. The van der Waals surface area contributed by atoms with Gasteiger partial charge in [-0.05, 0) is 37.4 Å². The average Bonchev–Trinajstić information content (AvgIpc) is 2.64. The Morgan fingerprint density at radius 3 is 2.38 bits per heavy atom. The molecule has 1 saturated heterocycles. The number of hydrogen-bond acceptors (Lipinski definition) is 4. The van der Waals surface area contributed by atoms with Crippen molar-refractivity contribution in [2.75, 3.05) is 39.8 Å². The maximum Gasteiger partial charge on any atom is 0.227 e. The SMILES string of the molecule is CN1CCN(CC(=O)c2ccc[n+](CC(=O)c3ccc(Cl)cc3)c2)CC1. The summed E-state index contributed by atoms with van der Waals surface area (Å²) in [5.74, 6) is 0.0678. The molecule has 1 fully saturated rings. The highest BCUT2D eigenvalue weighted by Gasteiger charge is 2.20. The number of pyridine rings is 1. The topological polar surface area (TPSA) is 44.5 Å². The van der Waals surface area contributed by atoms with E-state index in [4.69, 9.17) is 11.6 Å². The van der Waals surface area contributed by atoms with E-state index >= 15 is 0 Å². The first kappa shape index (κ1) is 18.7. The van der Waals surface area contributed by atoms with E-state index < -0.39 is 0 Å². The highest BCUT2D eigenvalue weighted by Crippen LogP contribution is 2.10. The standard InChI is InChI=1S/C20H23ClN3O2/c1-22-9-11-23(12-10-22)14-20(26)17-3-2-8-24(13-17)15-19(25)16-4-6-18(21)7-5-16/h2-8,13H,9-12,14-15H2,1H3/q+1. The van der Waals surface area contributed by atoms with E-state index in [-0.39, 0.29) is 18.1 Å². The number of benzene rings is 1. The molecule has 5 nitrogen and oxygen atoms in total. The molecule has 1 aliphatic heterocycles. The molecule has 26 heavy (non-hydrogen) atoms. The van der Waals surface area contributed by atoms with Crippen LogP contribution in [0.15, 0.2) is 48.8 Å². The molecular weight excluding hydrogens is 350 g/mol. The number of hydrogen-bond donors (Lipinski definition) is 0. The van der Waals surface area contributed by atoms with Crippen molar-refractivity contribution in [3.8, 4) is 0 Å². The molecule has 0 atom stereocenters. The van der Waals surface area contributed by atoms with Crippen LogP contribution in [0.2, 0.25) is 5.02 Å². The minimum Gasteiger partial charge on any atom is -0.304 e. The predicted octanol–water partition coefficient (Wildman–Crippen LogP) is 1.94. The van der Waals surface area contributed by atoms with Crippen molar-refractivity contribution in [1.82, 2.24) is 9.80 Å². The van der Waals surface area contributed by atoms with Gasteiger partial charge in [-0.15, -0.1) is 0 Å². The molecule has 0 aliphatic carbocycles. The fourth-order valence-corrected chi connectivity index (χ4v) is 3.10. The van der Waals surface area contributed by atoms with Crippen molar-refractivity contribution >= 4 is 23.2 Å². The average molecular weight is 373 g/mol. The van der Waals surface area contributed by atoms with Crippen molar-refractivity contribution in [2.45, 2.75) is 6.54 Å². The summed E-state index contributed by atoms with van der Waals surface area (Å²) >= 11 is 5.86. The summed E-state index contributed by atoms with van der Waals surface area (Å²) in [5, 5.41) is 0.603. The third-order valence-corrected chi connectivity index (χ3v) is 4.89. The van der Waals surface area contributed by atoms with Crippen LogP contribution in [0.5, 0.6) is 0 Å². The van der Waals surface area contributed by atoms with E-state index in [1.54, 1.807) is 41.2 Å². The molecule has 0 spiro atoms. The number of halogens is 1. The van der Waals surface area contributed by atoms with Gasteiger partial charge in [-0.3, -0.25) is 14.5 Å². The smallest absolute Gasteiger partial charge is 0.227 e. The van der Waals surface area contributed by atoms with Crippen LogP contribution in [0.25, 0.3) is 0 Å². The summed E-state index contributed by atoms with van der Waals surface area (Å²) < 4.78 is 1.76. The zero-order valence-corrected chi connectivity index (χ0v) is 15.7. The Hall–Kier alpha value is -2.08. The largest absolute Gasteiger partial charge is 0.304 e. The lowest BCUT2D eigenvalue weighted by molar-refractivity contribution is -0.683. The van der Waals surface area contributed by atoms with Gasteiger partial charge >= 0.3 is 0 Å². The van der Waals surface area contributed by atoms with E-state index in [0.29, 0.717) is 22.7 Å². The Bertz CT molecular complexity index is 784. The monoisotopic (exact) mass is 372 g/mol. The van der Waals surface area contributed by atoms with Gasteiger partial charge in [0.25, 0.3) is 0 Å². The van der Waals surface area contributed by atoms with Gasteiger partial charge in [0.2, 0.25) is 12.3 Å². The van der Waals surface area contributed by atoms with Crippen LogP contribution in [0, 0.1) is 0 Å². The molecule has 0 N–H and O–H groups in total. The Balaban J connectivity index is 1.63. The van der Waals surface area contributed by atoms with Gasteiger partial charge in [0.15, 0.2) is 18.2 Å². The second-order valence-corrected chi connectivity index (χ2v) is 7.13. The molecule has 1 aromatic carbocycles. The van der Waals surface area contributed by atoms with Gasteiger partial charge in [0.05, 0.1) is 12.1 Å². The molecule has 1 aromatic heterocycles. The number of carbonyl (C=O) groups is 2. The fourth-order valence-electron chi connectivity index (χ4n) is 2.98. The van der Waals surface area contributed by atoms with Gasteiger partial charge in [0.1, 0.15) is 0 Å². The lowest BCUT2D eigenvalue weighted by Gasteiger charge is -2.31. The maximum atomic E-state index is 12.6. The number of likely N-dealkylation sites (N-methyl/N-ethyl adjacent to an activating group) is 1. The zero-order valence-electron chi connectivity index (χ0n) is 14.9. The number of piperazine rings is 1. The first-order valence-electron chi connectivity index (χ1n) is 8.73. The Morgan fingerprint density at radius 2 is 1.69 bits per heavy atom. The minimum atomic E-state index is -0.0182. The van der Waals surface area contributed by atoms with Crippen molar-refractivity contribution in [3.05, 3.63) is 64.9 Å². The van der Waals surface area contributed by atoms with Crippen LogP contribution in [0.3, 0.4) is 0 Å². The summed E-state index contributed by atoms with van der Waals surface area (Å²) in [7, 11) is 2.09. The van der Waals surface area contributed by atoms with Gasteiger partial charge in [-0.25, -0.2) is 0 Å². The Morgan fingerprint density at radius 1 is 1.00 bits per heavy atom. The quantitative estimate of drug-likeness (QED) is 0.574. The van der Waals surface area contributed by atoms with E-state index in [2.05, 4.69) is 16.8 Å². The molecule has 0 unspecified atom stereocenters. The molecule has 136 valence electrons. The highest BCUT2D eigenvalue weighted by atomic mass is 35.5. The molecule has 3 rings (SSSR count). The third-order valence-electron chi connectivity index (χ3n) is 4.64. The van der Waals surface area contributed by atoms with E-state index in [0.717, 1.165) is 26.2 Å². The van der Waals surface area contributed by atoms with Crippen molar-refractivity contribution in [3.63, 3.8) is 0 Å². The predicted molar refractivity (Wildman–Crippen MR) is 101 cm³/mol. The number of rotatable bonds is 6. The van der Waals surface area contributed by atoms with Crippen molar-refractivity contribution in [1.29, 1.82) is 0 Å². The van der Waals surface area contributed by atoms with Crippen LogP contribution < -0.4 is 4.57 Å². The molecule has 2 heterocycles. The normalized spacial score (nSPS) is 15.8. The number of ketones is 2. The second-order valence-electron chi connectivity index (χ2n) is 6.70. The van der Waals surface area contributed by atoms with Crippen LogP contribution >= 0.6 is 11.6 Å². The molecule has 6 heteroatoms. The van der Waals surface area contributed by atoms with E-state index in [1.165, 1.54) is 0 Å². The lowest BCUT2D eigenvalue weighted by Crippen LogP contribution is -2.46. The molecule has 0 bridgehead atoms. The van der Waals surface area contributed by atoms with Gasteiger partial charge in [-0.2, -0.15) is 4.57 Å². The Labute approximate surface area is 158 Å². The van der Waals surface area contributed by atoms with Crippen molar-refractivity contribution in [2.24, 2.45) is 0 Å². The van der Waals surface area contributed by atoms with E-state index in [1.807, 2.05) is 12.1 Å². The van der Waals surface area contributed by atoms with Gasteiger partial charge in [0, 0.05) is 42.8 Å². The minimum absolute atomic E-state index is 0.0182. The van der Waals surface area contributed by atoms with E-state index in [9.17, 15) is 9.59 Å². The summed E-state index contributed by atoms with van der Waals surface area (Å²) in [6.07, 6.45) is 3.56. The second kappa shape index (κ2) is 8.54. The molecule has 0 saturated carbocycles. The third kappa shape index (κ3) is 4.97. The van der Waals surface area contributed by atoms with Crippen LogP contribution in [-0.2, 0) is 6.54 Å².